The van der Waals surface area contributed by atoms with Crippen molar-refractivity contribution in [3.05, 3.63) is 17.5 Å². The van der Waals surface area contributed by atoms with E-state index in [1.54, 1.807) is 6.20 Å². The Morgan fingerprint density at radius 3 is 2.71 bits per heavy atom. The fourth-order valence-corrected chi connectivity index (χ4v) is 1.08. The van der Waals surface area contributed by atoms with Crippen molar-refractivity contribution in [2.24, 2.45) is 11.8 Å². The van der Waals surface area contributed by atoms with Crippen molar-refractivity contribution in [2.45, 2.75) is 20.8 Å². The highest BCUT2D eigenvalue weighted by Crippen LogP contribution is 2.11. The molecule has 0 aliphatic rings. The smallest absolute Gasteiger partial charge is 0.224 e. The Labute approximate surface area is 89.9 Å². The van der Waals surface area contributed by atoms with Gasteiger partial charge < -0.3 is 5.32 Å². The molecule has 1 heterocycles. The van der Waals surface area contributed by atoms with E-state index in [-0.39, 0.29) is 5.28 Å². The first-order valence-corrected chi connectivity index (χ1v) is 5.20. The number of rotatable bonds is 4. The molecule has 0 bridgehead atoms. The van der Waals surface area contributed by atoms with Crippen molar-refractivity contribution in [3.63, 3.8) is 0 Å². The molecule has 4 heteroatoms. The van der Waals surface area contributed by atoms with E-state index in [0.29, 0.717) is 11.8 Å². The molecule has 0 spiro atoms. The minimum absolute atomic E-state index is 0.284. The van der Waals surface area contributed by atoms with Gasteiger partial charge in [0.05, 0.1) is 0 Å². The maximum atomic E-state index is 5.66. The number of anilines is 1. The zero-order chi connectivity index (χ0) is 10.6. The van der Waals surface area contributed by atoms with Crippen LogP contribution in [0.25, 0.3) is 0 Å². The molecule has 0 radical (unpaired) electrons. The SMILES string of the molecule is CC(C)C(C)CNc1ccnc(Cl)n1. The average Bonchev–Trinajstić information content (AvgIpc) is 2.14. The van der Waals surface area contributed by atoms with Crippen LogP contribution in [0.1, 0.15) is 20.8 Å². The van der Waals surface area contributed by atoms with Gasteiger partial charge in [0.15, 0.2) is 0 Å². The average molecular weight is 214 g/mol. The summed E-state index contributed by atoms with van der Waals surface area (Å²) in [6.45, 7) is 7.53. The molecule has 3 nitrogen and oxygen atoms in total. The molecule has 1 aromatic heterocycles. The Morgan fingerprint density at radius 2 is 2.14 bits per heavy atom. The Hall–Kier alpha value is -0.830. The summed E-state index contributed by atoms with van der Waals surface area (Å²) in [6, 6.07) is 1.82. The molecule has 14 heavy (non-hydrogen) atoms. The lowest BCUT2D eigenvalue weighted by Gasteiger charge is -2.16. The maximum absolute atomic E-state index is 5.66. The van der Waals surface area contributed by atoms with Gasteiger partial charge in [-0.2, -0.15) is 0 Å². The second-order valence-corrected chi connectivity index (χ2v) is 4.15. The van der Waals surface area contributed by atoms with Crippen molar-refractivity contribution < 1.29 is 0 Å². The zero-order valence-corrected chi connectivity index (χ0v) is 9.54. The minimum atomic E-state index is 0.284. The Kier molecular flexibility index (Phi) is 4.14. The summed E-state index contributed by atoms with van der Waals surface area (Å²) in [5.41, 5.74) is 0. The predicted octanol–water partition coefficient (Wildman–Crippen LogP) is 2.83. The second-order valence-electron chi connectivity index (χ2n) is 3.81. The molecule has 1 N–H and O–H groups in total. The van der Waals surface area contributed by atoms with Crippen molar-refractivity contribution in [3.8, 4) is 0 Å². The lowest BCUT2D eigenvalue weighted by molar-refractivity contribution is 0.439. The molecule has 0 saturated heterocycles. The van der Waals surface area contributed by atoms with E-state index in [4.69, 9.17) is 11.6 Å². The van der Waals surface area contributed by atoms with Gasteiger partial charge in [-0.1, -0.05) is 20.8 Å². The molecule has 1 unspecified atom stereocenters. The van der Waals surface area contributed by atoms with Crippen LogP contribution in [0.3, 0.4) is 0 Å². The van der Waals surface area contributed by atoms with Crippen LogP contribution < -0.4 is 5.32 Å². The van der Waals surface area contributed by atoms with Crippen LogP contribution in [0.4, 0.5) is 5.82 Å². The third kappa shape index (κ3) is 3.50. The van der Waals surface area contributed by atoms with E-state index < -0.39 is 0 Å². The van der Waals surface area contributed by atoms with Crippen molar-refractivity contribution in [1.29, 1.82) is 0 Å². The molecule has 0 aromatic carbocycles. The number of hydrogen-bond acceptors (Lipinski definition) is 3. The summed E-state index contributed by atoms with van der Waals surface area (Å²) < 4.78 is 0. The lowest BCUT2D eigenvalue weighted by atomic mass is 9.98. The third-order valence-corrected chi connectivity index (χ3v) is 2.55. The molecular weight excluding hydrogens is 198 g/mol. The van der Waals surface area contributed by atoms with Gasteiger partial charge in [-0.15, -0.1) is 0 Å². The number of aromatic nitrogens is 2. The van der Waals surface area contributed by atoms with Crippen molar-refractivity contribution >= 4 is 17.4 Å². The van der Waals surface area contributed by atoms with Crippen LogP contribution in [0.15, 0.2) is 12.3 Å². The van der Waals surface area contributed by atoms with Crippen LogP contribution in [-0.2, 0) is 0 Å². The largest absolute Gasteiger partial charge is 0.370 e. The van der Waals surface area contributed by atoms with Gasteiger partial charge in [0.2, 0.25) is 5.28 Å². The second kappa shape index (κ2) is 5.15. The van der Waals surface area contributed by atoms with Crippen LogP contribution in [0.2, 0.25) is 5.28 Å². The highest BCUT2D eigenvalue weighted by molar-refractivity contribution is 6.28. The quantitative estimate of drug-likeness (QED) is 0.782. The molecule has 0 amide bonds. The fraction of sp³-hybridized carbons (Fsp3) is 0.600. The number of nitrogens with zero attached hydrogens (tertiary/aromatic N) is 2. The first kappa shape index (κ1) is 11.2. The number of halogens is 1. The predicted molar refractivity (Wildman–Crippen MR) is 59.5 cm³/mol. The summed E-state index contributed by atoms with van der Waals surface area (Å²) in [5.74, 6) is 2.07. The summed E-state index contributed by atoms with van der Waals surface area (Å²) >= 11 is 5.66. The summed E-state index contributed by atoms with van der Waals surface area (Å²) in [7, 11) is 0. The Balaban J connectivity index is 2.45. The molecule has 0 aliphatic heterocycles. The van der Waals surface area contributed by atoms with Gasteiger partial charge in [0.25, 0.3) is 0 Å². The van der Waals surface area contributed by atoms with Crippen LogP contribution in [-0.4, -0.2) is 16.5 Å². The molecule has 78 valence electrons. The standard InChI is InChI=1S/C10H16ClN3/c1-7(2)8(3)6-13-9-4-5-12-10(11)14-9/h4-5,7-8H,6H2,1-3H3,(H,12,13,14). The van der Waals surface area contributed by atoms with Gasteiger partial charge >= 0.3 is 0 Å². The van der Waals surface area contributed by atoms with Crippen LogP contribution in [0.5, 0.6) is 0 Å². The van der Waals surface area contributed by atoms with Gasteiger partial charge in [-0.25, -0.2) is 9.97 Å². The molecule has 1 aromatic rings. The third-order valence-electron chi connectivity index (χ3n) is 2.37. The molecule has 1 rings (SSSR count). The topological polar surface area (TPSA) is 37.8 Å². The molecular formula is C10H16ClN3. The summed E-state index contributed by atoms with van der Waals surface area (Å²) in [4.78, 5) is 7.86. The number of hydrogen-bond donors (Lipinski definition) is 1. The van der Waals surface area contributed by atoms with Crippen molar-refractivity contribution in [1.82, 2.24) is 9.97 Å². The van der Waals surface area contributed by atoms with E-state index in [1.165, 1.54) is 0 Å². The van der Waals surface area contributed by atoms with E-state index in [1.807, 2.05) is 6.07 Å². The van der Waals surface area contributed by atoms with E-state index in [0.717, 1.165) is 12.4 Å². The molecule has 0 fully saturated rings. The Bertz CT molecular complexity index is 288. The molecule has 1 atom stereocenters. The van der Waals surface area contributed by atoms with Gasteiger partial charge in [-0.3, -0.25) is 0 Å². The summed E-state index contributed by atoms with van der Waals surface area (Å²) in [6.07, 6.45) is 1.65. The highest BCUT2D eigenvalue weighted by Gasteiger charge is 2.06. The van der Waals surface area contributed by atoms with Gasteiger partial charge in [0.1, 0.15) is 5.82 Å². The van der Waals surface area contributed by atoms with E-state index in [2.05, 4.69) is 36.1 Å². The first-order chi connectivity index (χ1) is 6.59. The lowest BCUT2D eigenvalue weighted by Crippen LogP contribution is -2.16. The van der Waals surface area contributed by atoms with Crippen LogP contribution in [0, 0.1) is 11.8 Å². The molecule has 0 saturated carbocycles. The number of nitrogens with one attached hydrogen (secondary N) is 1. The Morgan fingerprint density at radius 1 is 1.43 bits per heavy atom. The fourth-order valence-electron chi connectivity index (χ4n) is 0.935. The highest BCUT2D eigenvalue weighted by atomic mass is 35.5. The van der Waals surface area contributed by atoms with Crippen LogP contribution >= 0.6 is 11.6 Å². The normalized spacial score (nSPS) is 12.9. The summed E-state index contributed by atoms with van der Waals surface area (Å²) in [5, 5.41) is 3.52. The first-order valence-electron chi connectivity index (χ1n) is 4.82. The van der Waals surface area contributed by atoms with E-state index in [9.17, 15) is 0 Å². The minimum Gasteiger partial charge on any atom is -0.370 e. The van der Waals surface area contributed by atoms with Gasteiger partial charge in [0, 0.05) is 12.7 Å². The molecule has 0 aliphatic carbocycles. The van der Waals surface area contributed by atoms with Crippen molar-refractivity contribution in [2.75, 3.05) is 11.9 Å². The monoisotopic (exact) mass is 213 g/mol. The van der Waals surface area contributed by atoms with E-state index >= 15 is 0 Å². The zero-order valence-electron chi connectivity index (χ0n) is 8.79. The van der Waals surface area contributed by atoms with Gasteiger partial charge in [-0.05, 0) is 29.5 Å². The maximum Gasteiger partial charge on any atom is 0.224 e.